The van der Waals surface area contributed by atoms with Gasteiger partial charge in [0.1, 0.15) is 11.9 Å². The SMILES string of the molecule is CC(CNC(=O)C1CC(O)CN1)Oc1ccc(Cl)cc1.Cl. The number of nitrogens with one attached hydrogen (secondary N) is 2. The number of hydrogen-bond donors (Lipinski definition) is 3. The monoisotopic (exact) mass is 334 g/mol. The number of amides is 1. The molecule has 1 amide bonds. The maximum atomic E-state index is 11.8. The van der Waals surface area contributed by atoms with E-state index in [9.17, 15) is 9.90 Å². The van der Waals surface area contributed by atoms with Gasteiger partial charge in [-0.3, -0.25) is 4.79 Å². The van der Waals surface area contributed by atoms with Gasteiger partial charge in [0.25, 0.3) is 0 Å². The predicted molar refractivity (Wildman–Crippen MR) is 84.2 cm³/mol. The Hall–Kier alpha value is -1.01. The zero-order chi connectivity index (χ0) is 14.5. The molecule has 0 radical (unpaired) electrons. The number of carbonyl (C=O) groups is 1. The van der Waals surface area contributed by atoms with Crippen LogP contribution in [0.2, 0.25) is 5.02 Å². The van der Waals surface area contributed by atoms with Crippen molar-refractivity contribution in [3.05, 3.63) is 29.3 Å². The summed E-state index contributed by atoms with van der Waals surface area (Å²) in [6.45, 7) is 2.76. The molecule has 2 rings (SSSR count). The van der Waals surface area contributed by atoms with Crippen LogP contribution in [0.1, 0.15) is 13.3 Å². The maximum Gasteiger partial charge on any atom is 0.237 e. The average molecular weight is 335 g/mol. The number of benzene rings is 1. The summed E-state index contributed by atoms with van der Waals surface area (Å²) in [5.74, 6) is 0.610. The van der Waals surface area contributed by atoms with Gasteiger partial charge in [-0.25, -0.2) is 0 Å². The molecule has 1 fully saturated rings. The summed E-state index contributed by atoms with van der Waals surface area (Å²) in [4.78, 5) is 11.8. The Morgan fingerprint density at radius 2 is 2.19 bits per heavy atom. The Labute approximate surface area is 135 Å². The van der Waals surface area contributed by atoms with E-state index in [2.05, 4.69) is 10.6 Å². The van der Waals surface area contributed by atoms with E-state index in [1.54, 1.807) is 24.3 Å². The summed E-state index contributed by atoms with van der Waals surface area (Å²) in [5, 5.41) is 15.8. The number of aliphatic hydroxyl groups is 1. The number of halogens is 2. The van der Waals surface area contributed by atoms with Crippen LogP contribution in [0.15, 0.2) is 24.3 Å². The van der Waals surface area contributed by atoms with Crippen LogP contribution >= 0.6 is 24.0 Å². The molecule has 0 spiro atoms. The first-order valence-electron chi connectivity index (χ1n) is 6.66. The van der Waals surface area contributed by atoms with Crippen LogP contribution in [0.5, 0.6) is 5.75 Å². The normalized spacial score (nSPS) is 22.2. The molecule has 1 heterocycles. The fourth-order valence-electron chi connectivity index (χ4n) is 2.07. The summed E-state index contributed by atoms with van der Waals surface area (Å²) >= 11 is 5.80. The summed E-state index contributed by atoms with van der Waals surface area (Å²) in [7, 11) is 0. The zero-order valence-electron chi connectivity index (χ0n) is 11.7. The van der Waals surface area contributed by atoms with Crippen LogP contribution in [-0.4, -0.2) is 42.4 Å². The van der Waals surface area contributed by atoms with Gasteiger partial charge in [0.05, 0.1) is 18.7 Å². The average Bonchev–Trinajstić information content (AvgIpc) is 2.85. The zero-order valence-corrected chi connectivity index (χ0v) is 13.3. The van der Waals surface area contributed by atoms with E-state index in [-0.39, 0.29) is 30.5 Å². The lowest BCUT2D eigenvalue weighted by atomic mass is 10.2. The van der Waals surface area contributed by atoms with Crippen LogP contribution in [-0.2, 0) is 4.79 Å². The van der Waals surface area contributed by atoms with Gasteiger partial charge in [-0.05, 0) is 37.6 Å². The van der Waals surface area contributed by atoms with Crippen molar-refractivity contribution in [2.24, 2.45) is 0 Å². The molecule has 1 aliphatic rings. The van der Waals surface area contributed by atoms with Crippen LogP contribution in [0, 0.1) is 0 Å². The first kappa shape index (κ1) is 18.0. The van der Waals surface area contributed by atoms with E-state index in [1.807, 2.05) is 6.92 Å². The van der Waals surface area contributed by atoms with Gasteiger partial charge in [0, 0.05) is 11.6 Å². The Kier molecular flexibility index (Phi) is 7.25. The third kappa shape index (κ3) is 5.71. The van der Waals surface area contributed by atoms with Crippen molar-refractivity contribution in [2.45, 2.75) is 31.6 Å². The molecule has 0 aliphatic carbocycles. The minimum Gasteiger partial charge on any atom is -0.489 e. The first-order chi connectivity index (χ1) is 9.54. The van der Waals surface area contributed by atoms with E-state index in [4.69, 9.17) is 16.3 Å². The van der Waals surface area contributed by atoms with Crippen molar-refractivity contribution < 1.29 is 14.6 Å². The molecule has 1 aromatic rings. The third-order valence-corrected chi connectivity index (χ3v) is 3.39. The molecule has 3 N–H and O–H groups in total. The molecule has 3 atom stereocenters. The Morgan fingerprint density at radius 3 is 2.76 bits per heavy atom. The highest BCUT2D eigenvalue weighted by atomic mass is 35.5. The molecular formula is C14H20Cl2N2O3. The molecule has 0 bridgehead atoms. The fraction of sp³-hybridized carbons (Fsp3) is 0.500. The predicted octanol–water partition coefficient (Wildman–Crippen LogP) is 1.37. The number of β-amino-alcohol motifs (C(OH)–C–C–N with tert-alkyl or cyclic N) is 1. The number of rotatable bonds is 5. The number of ether oxygens (including phenoxy) is 1. The highest BCUT2D eigenvalue weighted by Crippen LogP contribution is 2.16. The van der Waals surface area contributed by atoms with E-state index >= 15 is 0 Å². The van der Waals surface area contributed by atoms with Gasteiger partial charge >= 0.3 is 0 Å². The third-order valence-electron chi connectivity index (χ3n) is 3.14. The standard InChI is InChI=1S/C14H19ClN2O3.ClH/c1-9(20-12-4-2-10(15)3-5-12)7-17-14(19)13-6-11(18)8-16-13;/h2-5,9,11,13,16,18H,6-8H2,1H3,(H,17,19);1H. The number of aliphatic hydroxyl groups excluding tert-OH is 1. The smallest absolute Gasteiger partial charge is 0.237 e. The van der Waals surface area contributed by atoms with Gasteiger partial charge in [-0.15, -0.1) is 12.4 Å². The molecule has 1 saturated heterocycles. The second kappa shape index (κ2) is 8.44. The van der Waals surface area contributed by atoms with Gasteiger partial charge in [-0.1, -0.05) is 11.6 Å². The van der Waals surface area contributed by atoms with E-state index in [0.717, 1.165) is 0 Å². The van der Waals surface area contributed by atoms with Crippen molar-refractivity contribution in [2.75, 3.05) is 13.1 Å². The largest absolute Gasteiger partial charge is 0.489 e. The summed E-state index contributed by atoms with van der Waals surface area (Å²) in [6.07, 6.45) is -0.127. The number of carbonyl (C=O) groups excluding carboxylic acids is 1. The second-order valence-electron chi connectivity index (χ2n) is 4.98. The molecule has 0 aromatic heterocycles. The highest BCUT2D eigenvalue weighted by Gasteiger charge is 2.27. The van der Waals surface area contributed by atoms with Crippen LogP contribution in [0.25, 0.3) is 0 Å². The maximum absolute atomic E-state index is 11.8. The minimum absolute atomic E-state index is 0. The Bertz CT molecular complexity index is 456. The van der Waals surface area contributed by atoms with Crippen LogP contribution in [0.4, 0.5) is 0 Å². The van der Waals surface area contributed by atoms with Crippen LogP contribution < -0.4 is 15.4 Å². The molecular weight excluding hydrogens is 315 g/mol. The summed E-state index contributed by atoms with van der Waals surface area (Å²) in [6, 6.07) is 6.77. The van der Waals surface area contributed by atoms with Gasteiger partial charge in [-0.2, -0.15) is 0 Å². The number of hydrogen-bond acceptors (Lipinski definition) is 4. The Balaban J connectivity index is 0.00000220. The van der Waals surface area contributed by atoms with Crippen molar-refractivity contribution in [3.63, 3.8) is 0 Å². The molecule has 118 valence electrons. The minimum atomic E-state index is -0.437. The lowest BCUT2D eigenvalue weighted by molar-refractivity contribution is -0.123. The van der Waals surface area contributed by atoms with E-state index in [1.165, 1.54) is 0 Å². The van der Waals surface area contributed by atoms with E-state index < -0.39 is 6.10 Å². The van der Waals surface area contributed by atoms with Gasteiger partial charge in [0.15, 0.2) is 0 Å². The van der Waals surface area contributed by atoms with Crippen molar-refractivity contribution >= 4 is 29.9 Å². The van der Waals surface area contributed by atoms with E-state index in [0.29, 0.717) is 30.3 Å². The summed E-state index contributed by atoms with van der Waals surface area (Å²) in [5.41, 5.74) is 0. The second-order valence-corrected chi connectivity index (χ2v) is 5.41. The topological polar surface area (TPSA) is 70.6 Å². The lowest BCUT2D eigenvalue weighted by Gasteiger charge is -2.17. The van der Waals surface area contributed by atoms with Crippen LogP contribution in [0.3, 0.4) is 0 Å². The van der Waals surface area contributed by atoms with Crippen molar-refractivity contribution in [1.82, 2.24) is 10.6 Å². The first-order valence-corrected chi connectivity index (χ1v) is 7.04. The fourth-order valence-corrected chi connectivity index (χ4v) is 2.20. The molecule has 0 saturated carbocycles. The Morgan fingerprint density at radius 1 is 1.52 bits per heavy atom. The van der Waals surface area contributed by atoms with Gasteiger partial charge < -0.3 is 20.5 Å². The lowest BCUT2D eigenvalue weighted by Crippen LogP contribution is -2.43. The quantitative estimate of drug-likeness (QED) is 0.760. The molecule has 21 heavy (non-hydrogen) atoms. The molecule has 7 heteroatoms. The molecule has 3 unspecified atom stereocenters. The van der Waals surface area contributed by atoms with Crippen molar-refractivity contribution in [1.29, 1.82) is 0 Å². The summed E-state index contributed by atoms with van der Waals surface area (Å²) < 4.78 is 5.66. The molecule has 1 aliphatic heterocycles. The highest BCUT2D eigenvalue weighted by molar-refractivity contribution is 6.30. The molecule has 1 aromatic carbocycles. The van der Waals surface area contributed by atoms with Gasteiger partial charge in [0.2, 0.25) is 5.91 Å². The molecule has 5 nitrogen and oxygen atoms in total. The van der Waals surface area contributed by atoms with Crippen molar-refractivity contribution in [3.8, 4) is 5.75 Å².